The molecular weight excluding hydrogens is 120 g/mol. The van der Waals surface area contributed by atoms with Crippen molar-refractivity contribution in [3.8, 4) is 0 Å². The molecule has 0 saturated heterocycles. The molecule has 0 N–H and O–H groups in total. The number of rotatable bonds is 0. The van der Waals surface area contributed by atoms with Crippen LogP contribution in [0.25, 0.3) is 0 Å². The Morgan fingerprint density at radius 2 is 2.25 bits per heavy atom. The highest BCUT2D eigenvalue weighted by atomic mass is 35.5. The Morgan fingerprint density at radius 3 is 2.62 bits per heavy atom. The van der Waals surface area contributed by atoms with E-state index < -0.39 is 0 Å². The molecule has 1 atom stereocenters. The molecule has 0 radical (unpaired) electrons. The normalized spacial score (nSPS) is 26.6. The maximum Gasteiger partial charge on any atom is 0.0763 e. The van der Waals surface area contributed by atoms with E-state index in [1.54, 1.807) is 0 Å². The van der Waals surface area contributed by atoms with Crippen LogP contribution in [-0.2, 0) is 0 Å². The molecule has 0 aromatic heterocycles. The molecule has 0 aromatic carbocycles. The first-order valence-corrected chi connectivity index (χ1v) is 2.92. The Balaban J connectivity index is 2.74. The zero-order chi connectivity index (χ0) is 5.98. The molecule has 0 nitrogen and oxygen atoms in total. The Kier molecular flexibility index (Phi) is 1.54. The summed E-state index contributed by atoms with van der Waals surface area (Å²) in [4.78, 5) is 0. The summed E-state index contributed by atoms with van der Waals surface area (Å²) < 4.78 is 0. The molecule has 1 rings (SSSR count). The number of hydrogen-bond donors (Lipinski definition) is 0. The minimum atomic E-state index is 0.0139. The van der Waals surface area contributed by atoms with Crippen molar-refractivity contribution in [1.29, 1.82) is 0 Å². The van der Waals surface area contributed by atoms with Crippen molar-refractivity contribution in [2.24, 2.45) is 0 Å². The average Bonchev–Trinajstić information content (AvgIpc) is 1.77. The fourth-order valence-electron chi connectivity index (χ4n) is 0.556. The zero-order valence-electron chi connectivity index (χ0n) is 4.47. The Bertz CT molecular complexity index is 154. The standard InChI is InChI=1S/C7H7Cl/c1-6-4-2-3-5-7(6)8/h2-5,7H,1H2. The number of alkyl halides is 1. The smallest absolute Gasteiger partial charge is 0.0763 e. The predicted octanol–water partition coefficient (Wildman–Crippen LogP) is 2.28. The summed E-state index contributed by atoms with van der Waals surface area (Å²) in [5, 5.41) is 0.0139. The van der Waals surface area contributed by atoms with Crippen LogP contribution in [0.5, 0.6) is 0 Å². The Morgan fingerprint density at radius 1 is 1.50 bits per heavy atom. The van der Waals surface area contributed by atoms with Crippen LogP contribution in [0.1, 0.15) is 0 Å². The van der Waals surface area contributed by atoms with E-state index in [0.717, 1.165) is 5.57 Å². The van der Waals surface area contributed by atoms with E-state index in [0.29, 0.717) is 0 Å². The lowest BCUT2D eigenvalue weighted by Gasteiger charge is -2.04. The largest absolute Gasteiger partial charge is 0.113 e. The first-order chi connectivity index (χ1) is 3.80. The quantitative estimate of drug-likeness (QED) is 0.437. The molecule has 1 unspecified atom stereocenters. The van der Waals surface area contributed by atoms with Gasteiger partial charge >= 0.3 is 0 Å². The van der Waals surface area contributed by atoms with E-state index in [2.05, 4.69) is 6.58 Å². The van der Waals surface area contributed by atoms with Gasteiger partial charge in [-0.25, -0.2) is 0 Å². The summed E-state index contributed by atoms with van der Waals surface area (Å²) >= 11 is 5.73. The minimum absolute atomic E-state index is 0.0139. The van der Waals surface area contributed by atoms with Gasteiger partial charge in [0.25, 0.3) is 0 Å². The van der Waals surface area contributed by atoms with Crippen LogP contribution >= 0.6 is 11.6 Å². The lowest BCUT2D eigenvalue weighted by molar-refractivity contribution is 1.28. The summed E-state index contributed by atoms with van der Waals surface area (Å²) in [5.74, 6) is 0. The molecule has 0 spiro atoms. The van der Waals surface area contributed by atoms with Gasteiger partial charge in [0, 0.05) is 0 Å². The van der Waals surface area contributed by atoms with E-state index in [1.807, 2.05) is 24.3 Å². The van der Waals surface area contributed by atoms with Crippen molar-refractivity contribution >= 4 is 11.6 Å². The fourth-order valence-corrected chi connectivity index (χ4v) is 0.713. The highest BCUT2D eigenvalue weighted by Gasteiger charge is 2.02. The van der Waals surface area contributed by atoms with Crippen molar-refractivity contribution in [2.75, 3.05) is 0 Å². The topological polar surface area (TPSA) is 0 Å². The van der Waals surface area contributed by atoms with E-state index >= 15 is 0 Å². The van der Waals surface area contributed by atoms with Crippen molar-refractivity contribution in [3.63, 3.8) is 0 Å². The van der Waals surface area contributed by atoms with Crippen LogP contribution in [0.4, 0.5) is 0 Å². The van der Waals surface area contributed by atoms with Gasteiger partial charge in [-0.1, -0.05) is 30.9 Å². The van der Waals surface area contributed by atoms with E-state index in [4.69, 9.17) is 11.6 Å². The van der Waals surface area contributed by atoms with Crippen molar-refractivity contribution < 1.29 is 0 Å². The molecule has 8 heavy (non-hydrogen) atoms. The number of allylic oxidation sites excluding steroid dienone is 5. The summed E-state index contributed by atoms with van der Waals surface area (Å²) in [6.07, 6.45) is 7.68. The van der Waals surface area contributed by atoms with Gasteiger partial charge in [0.15, 0.2) is 0 Å². The minimum Gasteiger partial charge on any atom is -0.113 e. The van der Waals surface area contributed by atoms with Crippen LogP contribution in [-0.4, -0.2) is 5.38 Å². The van der Waals surface area contributed by atoms with Gasteiger partial charge in [-0.15, -0.1) is 11.6 Å². The predicted molar refractivity (Wildman–Crippen MR) is 37.1 cm³/mol. The molecule has 42 valence electrons. The second kappa shape index (κ2) is 2.19. The van der Waals surface area contributed by atoms with Gasteiger partial charge in [0.1, 0.15) is 0 Å². The number of hydrogen-bond acceptors (Lipinski definition) is 0. The van der Waals surface area contributed by atoms with Crippen LogP contribution in [0.3, 0.4) is 0 Å². The second-order valence-corrected chi connectivity index (χ2v) is 2.19. The van der Waals surface area contributed by atoms with Gasteiger partial charge < -0.3 is 0 Å². The van der Waals surface area contributed by atoms with Gasteiger partial charge in [-0.3, -0.25) is 0 Å². The average molecular weight is 127 g/mol. The highest BCUT2D eigenvalue weighted by Crippen LogP contribution is 2.14. The first-order valence-electron chi connectivity index (χ1n) is 2.48. The number of halogens is 1. The third-order valence-corrected chi connectivity index (χ3v) is 1.48. The maximum atomic E-state index is 5.73. The zero-order valence-corrected chi connectivity index (χ0v) is 5.23. The third-order valence-electron chi connectivity index (χ3n) is 1.06. The van der Waals surface area contributed by atoms with Gasteiger partial charge in [-0.05, 0) is 5.57 Å². The van der Waals surface area contributed by atoms with Crippen LogP contribution in [0, 0.1) is 0 Å². The van der Waals surface area contributed by atoms with Gasteiger partial charge in [0.2, 0.25) is 0 Å². The lowest BCUT2D eigenvalue weighted by atomic mass is 10.1. The van der Waals surface area contributed by atoms with Gasteiger partial charge in [0.05, 0.1) is 5.38 Å². The third kappa shape index (κ3) is 1.01. The molecule has 0 aliphatic heterocycles. The lowest BCUT2D eigenvalue weighted by Crippen LogP contribution is -1.96. The molecule has 1 heteroatoms. The summed E-state index contributed by atoms with van der Waals surface area (Å²) in [7, 11) is 0. The highest BCUT2D eigenvalue weighted by molar-refractivity contribution is 6.24. The summed E-state index contributed by atoms with van der Waals surface area (Å²) in [6.45, 7) is 3.73. The summed E-state index contributed by atoms with van der Waals surface area (Å²) in [5.41, 5.74) is 0.967. The SMILES string of the molecule is C=C1C=CC=CC1Cl. The van der Waals surface area contributed by atoms with Crippen molar-refractivity contribution in [2.45, 2.75) is 5.38 Å². The molecular formula is C7H7Cl. The van der Waals surface area contributed by atoms with Crippen LogP contribution < -0.4 is 0 Å². The Hall–Kier alpha value is -0.490. The van der Waals surface area contributed by atoms with Crippen LogP contribution in [0.2, 0.25) is 0 Å². The monoisotopic (exact) mass is 126 g/mol. The summed E-state index contributed by atoms with van der Waals surface area (Å²) in [6, 6.07) is 0. The Labute approximate surface area is 54.2 Å². The van der Waals surface area contributed by atoms with E-state index in [9.17, 15) is 0 Å². The maximum absolute atomic E-state index is 5.73. The van der Waals surface area contributed by atoms with E-state index in [-0.39, 0.29) is 5.38 Å². The molecule has 0 fully saturated rings. The molecule has 0 heterocycles. The molecule has 0 bridgehead atoms. The van der Waals surface area contributed by atoms with Crippen molar-refractivity contribution in [1.82, 2.24) is 0 Å². The van der Waals surface area contributed by atoms with E-state index in [1.165, 1.54) is 0 Å². The first kappa shape index (κ1) is 5.64. The molecule has 0 saturated carbocycles. The van der Waals surface area contributed by atoms with Crippen LogP contribution in [0.15, 0.2) is 36.5 Å². The fraction of sp³-hybridized carbons (Fsp3) is 0.143. The van der Waals surface area contributed by atoms with Gasteiger partial charge in [-0.2, -0.15) is 0 Å². The van der Waals surface area contributed by atoms with Crippen molar-refractivity contribution in [3.05, 3.63) is 36.5 Å². The molecule has 1 aliphatic rings. The molecule has 0 aromatic rings. The second-order valence-electron chi connectivity index (χ2n) is 1.72. The molecule has 0 amide bonds. The molecule has 1 aliphatic carbocycles.